The maximum absolute atomic E-state index is 12.2. The van der Waals surface area contributed by atoms with Gasteiger partial charge in [-0.3, -0.25) is 0 Å². The monoisotopic (exact) mass is 346 g/mol. The molecule has 0 bridgehead atoms. The first-order valence-electron chi connectivity index (χ1n) is 5.77. The summed E-state index contributed by atoms with van der Waals surface area (Å²) in [5.74, 6) is 0.333. The van der Waals surface area contributed by atoms with Crippen molar-refractivity contribution in [3.05, 3.63) is 40.8 Å². The molecular weight excluding hydrogens is 337 g/mol. The summed E-state index contributed by atoms with van der Waals surface area (Å²) in [7, 11) is 0. The molecule has 7 heteroatoms. The highest BCUT2D eigenvalue weighted by Crippen LogP contribution is 2.28. The van der Waals surface area contributed by atoms with E-state index in [0.717, 1.165) is 0 Å². The molecule has 0 radical (unpaired) electrons. The van der Waals surface area contributed by atoms with Crippen LogP contribution in [-0.2, 0) is 6.42 Å². The molecule has 0 unspecified atom stereocenters. The minimum absolute atomic E-state index is 0.275. The van der Waals surface area contributed by atoms with E-state index in [0.29, 0.717) is 28.1 Å². The molecule has 0 saturated heterocycles. The number of rotatable bonds is 3. The lowest BCUT2D eigenvalue weighted by Gasteiger charge is -2.10. The number of hydrogen-bond acceptors (Lipinski definition) is 3. The maximum Gasteiger partial charge on any atom is 0.573 e. The van der Waals surface area contributed by atoms with Gasteiger partial charge in [0.2, 0.25) is 0 Å². The maximum atomic E-state index is 12.2. The highest BCUT2D eigenvalue weighted by atomic mass is 79.9. The standard InChI is InChI=1S/C13H10BrF3N2O/c1-2-12-18-10(7-11(14)19-12)8-4-3-5-9(6-8)20-13(15,16)17/h3-7H,2H2,1H3. The third-order valence-corrected chi connectivity index (χ3v) is 2.83. The van der Waals surface area contributed by atoms with Crippen molar-refractivity contribution in [3.63, 3.8) is 0 Å². The molecule has 0 N–H and O–H groups in total. The van der Waals surface area contributed by atoms with Crippen LogP contribution in [0.5, 0.6) is 5.75 Å². The fraction of sp³-hybridized carbons (Fsp3) is 0.231. The Bertz CT molecular complexity index is 617. The van der Waals surface area contributed by atoms with E-state index in [4.69, 9.17) is 0 Å². The summed E-state index contributed by atoms with van der Waals surface area (Å²) in [5.41, 5.74) is 1.07. The van der Waals surface area contributed by atoms with Crippen LogP contribution in [0.4, 0.5) is 13.2 Å². The third kappa shape index (κ3) is 3.93. The zero-order valence-electron chi connectivity index (χ0n) is 10.4. The van der Waals surface area contributed by atoms with Crippen LogP contribution in [0.1, 0.15) is 12.7 Å². The molecular formula is C13H10BrF3N2O. The van der Waals surface area contributed by atoms with Crippen molar-refractivity contribution in [3.8, 4) is 17.0 Å². The Kier molecular flexibility index (Phi) is 4.27. The van der Waals surface area contributed by atoms with Crippen molar-refractivity contribution in [1.29, 1.82) is 0 Å². The van der Waals surface area contributed by atoms with Crippen LogP contribution in [0.15, 0.2) is 34.9 Å². The molecule has 1 heterocycles. The number of alkyl halides is 3. The Morgan fingerprint density at radius 2 is 1.95 bits per heavy atom. The molecule has 0 aliphatic carbocycles. The molecule has 1 aromatic carbocycles. The zero-order valence-corrected chi connectivity index (χ0v) is 12.0. The molecule has 2 aromatic rings. The predicted octanol–water partition coefficient (Wildman–Crippen LogP) is 4.37. The minimum Gasteiger partial charge on any atom is -0.406 e. The van der Waals surface area contributed by atoms with Crippen LogP contribution in [0.3, 0.4) is 0 Å². The van der Waals surface area contributed by atoms with Crippen molar-refractivity contribution < 1.29 is 17.9 Å². The number of aryl methyl sites for hydroxylation is 1. The van der Waals surface area contributed by atoms with Crippen molar-refractivity contribution in [2.45, 2.75) is 19.7 Å². The van der Waals surface area contributed by atoms with Gasteiger partial charge in [0, 0.05) is 12.0 Å². The fourth-order valence-electron chi connectivity index (χ4n) is 1.62. The van der Waals surface area contributed by atoms with Gasteiger partial charge < -0.3 is 4.74 Å². The zero-order chi connectivity index (χ0) is 14.8. The Morgan fingerprint density at radius 3 is 2.60 bits per heavy atom. The van der Waals surface area contributed by atoms with E-state index in [1.54, 1.807) is 12.1 Å². The van der Waals surface area contributed by atoms with E-state index in [1.165, 1.54) is 18.2 Å². The van der Waals surface area contributed by atoms with Gasteiger partial charge in [-0.05, 0) is 34.1 Å². The largest absolute Gasteiger partial charge is 0.573 e. The van der Waals surface area contributed by atoms with E-state index >= 15 is 0 Å². The van der Waals surface area contributed by atoms with Crippen molar-refractivity contribution in [2.24, 2.45) is 0 Å². The van der Waals surface area contributed by atoms with Crippen LogP contribution < -0.4 is 4.74 Å². The summed E-state index contributed by atoms with van der Waals surface area (Å²) < 4.78 is 41.1. The molecule has 106 valence electrons. The van der Waals surface area contributed by atoms with Crippen LogP contribution in [-0.4, -0.2) is 16.3 Å². The molecule has 0 atom stereocenters. The van der Waals surface area contributed by atoms with E-state index in [2.05, 4.69) is 30.6 Å². The van der Waals surface area contributed by atoms with Crippen LogP contribution in [0.25, 0.3) is 11.3 Å². The number of aromatic nitrogens is 2. The van der Waals surface area contributed by atoms with Gasteiger partial charge in [0.15, 0.2) is 0 Å². The van der Waals surface area contributed by atoms with E-state index in [9.17, 15) is 13.2 Å². The van der Waals surface area contributed by atoms with Gasteiger partial charge in [0.25, 0.3) is 0 Å². The van der Waals surface area contributed by atoms with Crippen molar-refractivity contribution >= 4 is 15.9 Å². The Hall–Kier alpha value is -1.63. The molecule has 2 rings (SSSR count). The summed E-state index contributed by atoms with van der Waals surface area (Å²) in [6, 6.07) is 7.33. The molecule has 0 amide bonds. The average molecular weight is 347 g/mol. The molecule has 1 aromatic heterocycles. The van der Waals surface area contributed by atoms with Gasteiger partial charge in [-0.2, -0.15) is 0 Å². The van der Waals surface area contributed by atoms with Gasteiger partial charge in [-0.15, -0.1) is 13.2 Å². The van der Waals surface area contributed by atoms with Crippen LogP contribution >= 0.6 is 15.9 Å². The number of halogens is 4. The van der Waals surface area contributed by atoms with Crippen LogP contribution in [0.2, 0.25) is 0 Å². The average Bonchev–Trinajstić information content (AvgIpc) is 2.36. The first-order chi connectivity index (χ1) is 9.37. The van der Waals surface area contributed by atoms with E-state index < -0.39 is 6.36 Å². The minimum atomic E-state index is -4.71. The molecule has 0 spiro atoms. The van der Waals surface area contributed by atoms with E-state index in [1.807, 2.05) is 6.92 Å². The van der Waals surface area contributed by atoms with Crippen molar-refractivity contribution in [1.82, 2.24) is 9.97 Å². The second kappa shape index (κ2) is 5.78. The van der Waals surface area contributed by atoms with Gasteiger partial charge in [0.05, 0.1) is 5.69 Å². The SMILES string of the molecule is CCc1nc(Br)cc(-c2cccc(OC(F)(F)F)c2)n1. The van der Waals surface area contributed by atoms with Gasteiger partial charge >= 0.3 is 6.36 Å². The van der Waals surface area contributed by atoms with Gasteiger partial charge in [-0.1, -0.05) is 19.1 Å². The Balaban J connectivity index is 2.38. The van der Waals surface area contributed by atoms with Crippen LogP contribution in [0, 0.1) is 0 Å². The Labute approximate surface area is 122 Å². The van der Waals surface area contributed by atoms with Gasteiger partial charge in [-0.25, -0.2) is 9.97 Å². The number of benzene rings is 1. The summed E-state index contributed by atoms with van der Waals surface area (Å²) in [6.45, 7) is 1.90. The first kappa shape index (κ1) is 14.8. The fourth-order valence-corrected chi connectivity index (χ4v) is 2.04. The summed E-state index contributed by atoms with van der Waals surface area (Å²) in [5, 5.41) is 0. The lowest BCUT2D eigenvalue weighted by atomic mass is 10.1. The summed E-state index contributed by atoms with van der Waals surface area (Å²) in [4.78, 5) is 8.44. The third-order valence-electron chi connectivity index (χ3n) is 2.42. The number of ether oxygens (including phenoxy) is 1. The Morgan fingerprint density at radius 1 is 1.20 bits per heavy atom. The van der Waals surface area contributed by atoms with Crippen molar-refractivity contribution in [2.75, 3.05) is 0 Å². The smallest absolute Gasteiger partial charge is 0.406 e. The normalized spacial score (nSPS) is 11.4. The molecule has 20 heavy (non-hydrogen) atoms. The molecule has 0 aliphatic heterocycles. The van der Waals surface area contributed by atoms with Gasteiger partial charge in [0.1, 0.15) is 16.2 Å². The summed E-state index contributed by atoms with van der Waals surface area (Å²) >= 11 is 3.26. The molecule has 0 fully saturated rings. The molecule has 0 aliphatic rings. The highest BCUT2D eigenvalue weighted by Gasteiger charge is 2.31. The second-order valence-electron chi connectivity index (χ2n) is 3.92. The van der Waals surface area contributed by atoms with E-state index in [-0.39, 0.29) is 5.75 Å². The first-order valence-corrected chi connectivity index (χ1v) is 6.56. The molecule has 3 nitrogen and oxygen atoms in total. The molecule has 0 saturated carbocycles. The number of nitrogens with zero attached hydrogens (tertiary/aromatic N) is 2. The quantitative estimate of drug-likeness (QED) is 0.774. The topological polar surface area (TPSA) is 35.0 Å². The second-order valence-corrected chi connectivity index (χ2v) is 4.73. The lowest BCUT2D eigenvalue weighted by Crippen LogP contribution is -2.17. The highest BCUT2D eigenvalue weighted by molar-refractivity contribution is 9.10. The number of hydrogen-bond donors (Lipinski definition) is 0. The predicted molar refractivity (Wildman–Crippen MR) is 71.2 cm³/mol. The summed E-state index contributed by atoms with van der Waals surface area (Å²) in [6.07, 6.45) is -4.08. The lowest BCUT2D eigenvalue weighted by molar-refractivity contribution is -0.274.